The first-order valence-corrected chi connectivity index (χ1v) is 7.52. The van der Waals surface area contributed by atoms with Crippen molar-refractivity contribution in [3.05, 3.63) is 36.0 Å². The number of nitrogens with one attached hydrogen (secondary N) is 1. The van der Waals surface area contributed by atoms with Gasteiger partial charge in [0.15, 0.2) is 0 Å². The molecule has 0 saturated carbocycles. The summed E-state index contributed by atoms with van der Waals surface area (Å²) in [6.07, 6.45) is 6.43. The summed E-state index contributed by atoms with van der Waals surface area (Å²) in [6, 6.07) is 6.36. The van der Waals surface area contributed by atoms with Crippen LogP contribution in [0.3, 0.4) is 0 Å². The SMILES string of the molecule is C/C=C(/c1ccc2cnc(NC)nc2c1)N(C)CCCC. The zero-order valence-corrected chi connectivity index (χ0v) is 13.3. The van der Waals surface area contributed by atoms with Gasteiger partial charge in [0.2, 0.25) is 5.95 Å². The summed E-state index contributed by atoms with van der Waals surface area (Å²) in [7, 11) is 3.98. The summed E-state index contributed by atoms with van der Waals surface area (Å²) >= 11 is 0. The molecule has 1 N–H and O–H groups in total. The molecule has 112 valence electrons. The van der Waals surface area contributed by atoms with Crippen LogP contribution in [0, 0.1) is 0 Å². The second-order valence-corrected chi connectivity index (χ2v) is 5.17. The molecule has 0 unspecified atom stereocenters. The average Bonchev–Trinajstić information content (AvgIpc) is 2.52. The lowest BCUT2D eigenvalue weighted by Gasteiger charge is -2.23. The van der Waals surface area contributed by atoms with Crippen molar-refractivity contribution in [3.8, 4) is 0 Å². The molecule has 0 radical (unpaired) electrons. The van der Waals surface area contributed by atoms with E-state index in [1.54, 1.807) is 0 Å². The van der Waals surface area contributed by atoms with E-state index < -0.39 is 0 Å². The summed E-state index contributed by atoms with van der Waals surface area (Å²) < 4.78 is 0. The molecule has 0 fully saturated rings. The second-order valence-electron chi connectivity index (χ2n) is 5.17. The average molecular weight is 284 g/mol. The number of anilines is 1. The molecule has 0 atom stereocenters. The lowest BCUT2D eigenvalue weighted by atomic mass is 10.1. The van der Waals surface area contributed by atoms with Gasteiger partial charge in [-0.1, -0.05) is 31.6 Å². The summed E-state index contributed by atoms with van der Waals surface area (Å²) in [4.78, 5) is 11.1. The minimum Gasteiger partial charge on any atom is -0.374 e. The summed E-state index contributed by atoms with van der Waals surface area (Å²) in [5.74, 6) is 0.654. The molecule has 0 bridgehead atoms. The molecule has 4 nitrogen and oxygen atoms in total. The fourth-order valence-corrected chi connectivity index (χ4v) is 2.43. The third-order valence-electron chi connectivity index (χ3n) is 3.63. The number of hydrogen-bond acceptors (Lipinski definition) is 4. The molecule has 21 heavy (non-hydrogen) atoms. The van der Waals surface area contributed by atoms with E-state index in [-0.39, 0.29) is 0 Å². The molecule has 0 aliphatic heterocycles. The molecule has 1 aromatic carbocycles. The summed E-state index contributed by atoms with van der Waals surface area (Å²) in [6.45, 7) is 5.37. The Morgan fingerprint density at radius 2 is 2.19 bits per heavy atom. The lowest BCUT2D eigenvalue weighted by molar-refractivity contribution is 0.462. The lowest BCUT2D eigenvalue weighted by Crippen LogP contribution is -2.18. The van der Waals surface area contributed by atoms with E-state index in [4.69, 9.17) is 0 Å². The van der Waals surface area contributed by atoms with E-state index in [0.29, 0.717) is 5.95 Å². The first kappa shape index (κ1) is 15.3. The third kappa shape index (κ3) is 3.51. The smallest absolute Gasteiger partial charge is 0.222 e. The Morgan fingerprint density at radius 1 is 1.38 bits per heavy atom. The molecule has 0 aliphatic carbocycles. The molecular weight excluding hydrogens is 260 g/mol. The van der Waals surface area contributed by atoms with Crippen molar-refractivity contribution < 1.29 is 0 Å². The number of fused-ring (bicyclic) bond motifs is 1. The van der Waals surface area contributed by atoms with E-state index in [2.05, 4.69) is 65.4 Å². The maximum absolute atomic E-state index is 4.52. The van der Waals surface area contributed by atoms with Crippen LogP contribution in [0.1, 0.15) is 32.3 Å². The fraction of sp³-hybridized carbons (Fsp3) is 0.412. The molecule has 0 amide bonds. The van der Waals surface area contributed by atoms with Crippen LogP contribution in [-0.4, -0.2) is 35.5 Å². The van der Waals surface area contributed by atoms with Gasteiger partial charge in [-0.3, -0.25) is 0 Å². The van der Waals surface area contributed by atoms with E-state index in [1.807, 2.05) is 13.2 Å². The number of hydrogen-bond donors (Lipinski definition) is 1. The topological polar surface area (TPSA) is 41.1 Å². The van der Waals surface area contributed by atoms with Crippen molar-refractivity contribution in [2.24, 2.45) is 0 Å². The second kappa shape index (κ2) is 7.07. The van der Waals surface area contributed by atoms with Gasteiger partial charge in [-0.25, -0.2) is 9.97 Å². The maximum atomic E-state index is 4.52. The van der Waals surface area contributed by atoms with Crippen LogP contribution in [0.5, 0.6) is 0 Å². The first-order valence-electron chi connectivity index (χ1n) is 7.52. The van der Waals surface area contributed by atoms with Gasteiger partial charge in [0.1, 0.15) is 0 Å². The highest BCUT2D eigenvalue weighted by molar-refractivity contribution is 5.83. The van der Waals surface area contributed by atoms with Crippen LogP contribution in [0.15, 0.2) is 30.5 Å². The van der Waals surface area contributed by atoms with Crippen LogP contribution in [0.25, 0.3) is 16.6 Å². The van der Waals surface area contributed by atoms with Crippen LogP contribution in [-0.2, 0) is 0 Å². The number of benzene rings is 1. The molecule has 1 heterocycles. The Morgan fingerprint density at radius 3 is 2.86 bits per heavy atom. The maximum Gasteiger partial charge on any atom is 0.222 e. The van der Waals surface area contributed by atoms with E-state index in [1.165, 1.54) is 24.1 Å². The number of rotatable bonds is 6. The highest BCUT2D eigenvalue weighted by Gasteiger charge is 2.08. The van der Waals surface area contributed by atoms with Gasteiger partial charge in [-0.05, 0) is 25.0 Å². The highest BCUT2D eigenvalue weighted by Crippen LogP contribution is 2.22. The fourth-order valence-electron chi connectivity index (χ4n) is 2.43. The monoisotopic (exact) mass is 284 g/mol. The quantitative estimate of drug-likeness (QED) is 0.877. The number of allylic oxidation sites excluding steroid dienone is 1. The largest absolute Gasteiger partial charge is 0.374 e. The van der Waals surface area contributed by atoms with Gasteiger partial charge in [0.05, 0.1) is 5.52 Å². The van der Waals surface area contributed by atoms with Crippen molar-refractivity contribution in [1.29, 1.82) is 0 Å². The van der Waals surface area contributed by atoms with Crippen LogP contribution in [0.2, 0.25) is 0 Å². The standard InChI is InChI=1S/C17H24N4/c1-5-7-10-21(4)16(6-2)13-8-9-14-12-19-17(18-3)20-15(14)11-13/h6,8-9,11-12H,5,7,10H2,1-4H3,(H,18,19,20)/b16-6-. The van der Waals surface area contributed by atoms with E-state index in [0.717, 1.165) is 17.4 Å². The van der Waals surface area contributed by atoms with Crippen molar-refractivity contribution in [1.82, 2.24) is 14.9 Å². The van der Waals surface area contributed by atoms with Gasteiger partial charge >= 0.3 is 0 Å². The molecule has 0 spiro atoms. The Labute approximate surface area is 126 Å². The van der Waals surface area contributed by atoms with Crippen molar-refractivity contribution >= 4 is 22.5 Å². The molecule has 1 aromatic heterocycles. The molecule has 2 rings (SSSR count). The molecule has 0 saturated heterocycles. The Kier molecular flexibility index (Phi) is 5.14. The van der Waals surface area contributed by atoms with Crippen molar-refractivity contribution in [3.63, 3.8) is 0 Å². The molecular formula is C17H24N4. The van der Waals surface area contributed by atoms with Crippen molar-refractivity contribution in [2.75, 3.05) is 26.0 Å². The Balaban J connectivity index is 2.35. The van der Waals surface area contributed by atoms with E-state index in [9.17, 15) is 0 Å². The van der Waals surface area contributed by atoms with Crippen LogP contribution >= 0.6 is 0 Å². The van der Waals surface area contributed by atoms with Crippen LogP contribution in [0.4, 0.5) is 5.95 Å². The predicted octanol–water partition coefficient (Wildman–Crippen LogP) is 3.76. The Bertz CT molecular complexity index is 634. The molecule has 2 aromatic rings. The zero-order chi connectivity index (χ0) is 15.2. The molecule has 4 heteroatoms. The normalized spacial score (nSPS) is 11.7. The number of unbranched alkanes of at least 4 members (excludes halogenated alkanes) is 1. The summed E-state index contributed by atoms with van der Waals surface area (Å²) in [5, 5.41) is 4.04. The molecule has 0 aliphatic rings. The van der Waals surface area contributed by atoms with Gasteiger partial charge in [-0.2, -0.15) is 0 Å². The van der Waals surface area contributed by atoms with E-state index >= 15 is 0 Å². The Hall–Kier alpha value is -2.10. The third-order valence-corrected chi connectivity index (χ3v) is 3.63. The highest BCUT2D eigenvalue weighted by atomic mass is 15.1. The predicted molar refractivity (Wildman–Crippen MR) is 90.3 cm³/mol. The number of aromatic nitrogens is 2. The van der Waals surface area contributed by atoms with Gasteiger partial charge < -0.3 is 10.2 Å². The summed E-state index contributed by atoms with van der Waals surface area (Å²) in [5.41, 5.74) is 3.41. The van der Waals surface area contributed by atoms with Gasteiger partial charge in [0, 0.05) is 37.9 Å². The zero-order valence-electron chi connectivity index (χ0n) is 13.3. The van der Waals surface area contributed by atoms with Gasteiger partial charge in [0.25, 0.3) is 0 Å². The minimum absolute atomic E-state index is 0.654. The number of nitrogens with zero attached hydrogens (tertiary/aromatic N) is 3. The van der Waals surface area contributed by atoms with Crippen LogP contribution < -0.4 is 5.32 Å². The first-order chi connectivity index (χ1) is 10.2. The minimum atomic E-state index is 0.654. The van der Waals surface area contributed by atoms with Gasteiger partial charge in [-0.15, -0.1) is 0 Å². The van der Waals surface area contributed by atoms with Crippen molar-refractivity contribution in [2.45, 2.75) is 26.7 Å².